The molecule has 0 nitrogen and oxygen atoms in total. The first-order chi connectivity index (χ1) is 6.22. The van der Waals surface area contributed by atoms with E-state index in [1.807, 2.05) is 35.3 Å². The van der Waals surface area contributed by atoms with E-state index in [-0.39, 0.29) is 0 Å². The fourth-order valence-electron chi connectivity index (χ4n) is 1.21. The van der Waals surface area contributed by atoms with Gasteiger partial charge in [-0.25, -0.2) is 0 Å². The molecule has 0 aromatic heterocycles. The van der Waals surface area contributed by atoms with Crippen molar-refractivity contribution >= 4 is 35.3 Å². The fourth-order valence-corrected chi connectivity index (χ4v) is 4.00. The molecule has 0 radical (unpaired) electrons. The van der Waals surface area contributed by atoms with E-state index < -0.39 is 0 Å². The van der Waals surface area contributed by atoms with Crippen LogP contribution in [0.1, 0.15) is 5.56 Å². The van der Waals surface area contributed by atoms with Gasteiger partial charge in [0.05, 0.1) is 0 Å². The molecule has 13 heavy (non-hydrogen) atoms. The maximum atomic E-state index is 2.26. The monoisotopic (exact) mass is 230 g/mol. The summed E-state index contributed by atoms with van der Waals surface area (Å²) in [5, 5.41) is 0. The first-order valence-electron chi connectivity index (χ1n) is 3.99. The lowest BCUT2D eigenvalue weighted by atomic mass is 10.2. The third-order valence-electron chi connectivity index (χ3n) is 1.81. The van der Waals surface area contributed by atoms with Crippen LogP contribution in [0.25, 0.3) is 0 Å². The summed E-state index contributed by atoms with van der Waals surface area (Å²) in [4.78, 5) is 4.22. The van der Waals surface area contributed by atoms with Crippen LogP contribution in [0.2, 0.25) is 0 Å². The molecule has 0 spiro atoms. The van der Waals surface area contributed by atoms with Crippen LogP contribution in [0.4, 0.5) is 0 Å². The van der Waals surface area contributed by atoms with Crippen LogP contribution >= 0.6 is 35.3 Å². The Labute approximate surface area is 93.3 Å². The Hall–Kier alpha value is 0.270. The maximum Gasteiger partial charge on any atom is 0.0341 e. The summed E-state index contributed by atoms with van der Waals surface area (Å²) >= 11 is 5.50. The molecule has 0 aliphatic carbocycles. The van der Waals surface area contributed by atoms with E-state index in [9.17, 15) is 0 Å². The number of rotatable bonds is 3. The summed E-state index contributed by atoms with van der Waals surface area (Å²) < 4.78 is 0. The average molecular weight is 230 g/mol. The molecule has 72 valence electrons. The third kappa shape index (κ3) is 2.61. The van der Waals surface area contributed by atoms with Crippen molar-refractivity contribution < 1.29 is 0 Å². The Balaban J connectivity index is 3.25. The lowest BCUT2D eigenvalue weighted by Gasteiger charge is -2.10. The van der Waals surface area contributed by atoms with Gasteiger partial charge in [-0.1, -0.05) is 0 Å². The third-order valence-corrected chi connectivity index (χ3v) is 4.44. The van der Waals surface area contributed by atoms with Crippen LogP contribution in [0.15, 0.2) is 26.8 Å². The zero-order valence-corrected chi connectivity index (χ0v) is 10.8. The minimum Gasteiger partial charge on any atom is -0.128 e. The molecule has 0 bridgehead atoms. The van der Waals surface area contributed by atoms with Crippen LogP contribution in [-0.4, -0.2) is 18.8 Å². The van der Waals surface area contributed by atoms with E-state index in [2.05, 4.69) is 37.8 Å². The summed E-state index contributed by atoms with van der Waals surface area (Å²) in [6.07, 6.45) is 6.42. The predicted octanol–water partition coefficient (Wildman–Crippen LogP) is 4.16. The van der Waals surface area contributed by atoms with Gasteiger partial charge < -0.3 is 0 Å². The second kappa shape index (κ2) is 5.23. The minimum absolute atomic E-state index is 1.35. The van der Waals surface area contributed by atoms with Crippen molar-refractivity contribution in [2.24, 2.45) is 0 Å². The molecule has 0 aliphatic heterocycles. The molecule has 0 heterocycles. The van der Waals surface area contributed by atoms with Crippen molar-refractivity contribution in [2.75, 3.05) is 18.8 Å². The van der Waals surface area contributed by atoms with Crippen LogP contribution in [0, 0.1) is 6.92 Å². The Morgan fingerprint density at radius 2 is 1.31 bits per heavy atom. The van der Waals surface area contributed by atoms with Crippen molar-refractivity contribution in [2.45, 2.75) is 21.6 Å². The number of aryl methyl sites for hydroxylation is 1. The van der Waals surface area contributed by atoms with E-state index in [4.69, 9.17) is 0 Å². The standard InChI is InChI=1S/C10H14S3/c1-7-5-8(11-2)10(13-4)9(6-7)12-3/h5-6H,1-4H3. The molecule has 0 unspecified atom stereocenters. The van der Waals surface area contributed by atoms with E-state index in [1.54, 1.807) is 0 Å². The molecule has 0 aliphatic rings. The SMILES string of the molecule is CSc1cc(C)cc(SC)c1SC. The van der Waals surface area contributed by atoms with Gasteiger partial charge in [0.2, 0.25) is 0 Å². The van der Waals surface area contributed by atoms with Crippen molar-refractivity contribution in [3.05, 3.63) is 17.7 Å². The van der Waals surface area contributed by atoms with Gasteiger partial charge in [-0.2, -0.15) is 0 Å². The van der Waals surface area contributed by atoms with Crippen molar-refractivity contribution in [3.63, 3.8) is 0 Å². The van der Waals surface area contributed by atoms with Crippen molar-refractivity contribution in [3.8, 4) is 0 Å². The maximum absolute atomic E-state index is 2.26. The van der Waals surface area contributed by atoms with Crippen molar-refractivity contribution in [1.82, 2.24) is 0 Å². The summed E-state index contributed by atoms with van der Waals surface area (Å²) in [6.45, 7) is 2.16. The Kier molecular flexibility index (Phi) is 4.56. The Morgan fingerprint density at radius 3 is 1.62 bits per heavy atom. The van der Waals surface area contributed by atoms with Crippen LogP contribution in [0.5, 0.6) is 0 Å². The summed E-state index contributed by atoms with van der Waals surface area (Å²) in [5.41, 5.74) is 1.35. The van der Waals surface area contributed by atoms with E-state index >= 15 is 0 Å². The lowest BCUT2D eigenvalue weighted by Crippen LogP contribution is -1.84. The van der Waals surface area contributed by atoms with Gasteiger partial charge in [0.1, 0.15) is 0 Å². The molecular formula is C10H14S3. The Bertz CT molecular complexity index is 269. The highest BCUT2D eigenvalue weighted by Crippen LogP contribution is 2.36. The van der Waals surface area contributed by atoms with E-state index in [0.29, 0.717) is 0 Å². The molecular weight excluding hydrogens is 216 g/mol. The molecule has 1 aromatic carbocycles. The number of hydrogen-bond acceptors (Lipinski definition) is 3. The quantitative estimate of drug-likeness (QED) is 0.716. The molecule has 0 amide bonds. The largest absolute Gasteiger partial charge is 0.128 e. The van der Waals surface area contributed by atoms with Gasteiger partial charge in [-0.05, 0) is 43.4 Å². The summed E-state index contributed by atoms with van der Waals surface area (Å²) in [7, 11) is 0. The van der Waals surface area contributed by atoms with Crippen molar-refractivity contribution in [1.29, 1.82) is 0 Å². The first-order valence-corrected chi connectivity index (χ1v) is 7.67. The van der Waals surface area contributed by atoms with Gasteiger partial charge in [0, 0.05) is 14.7 Å². The highest BCUT2D eigenvalue weighted by atomic mass is 32.2. The highest BCUT2D eigenvalue weighted by Gasteiger charge is 2.06. The molecule has 0 saturated heterocycles. The first kappa shape index (κ1) is 11.3. The zero-order chi connectivity index (χ0) is 9.84. The number of hydrogen-bond donors (Lipinski definition) is 0. The predicted molar refractivity (Wildman–Crippen MR) is 66.5 cm³/mol. The van der Waals surface area contributed by atoms with Crippen LogP contribution < -0.4 is 0 Å². The van der Waals surface area contributed by atoms with Crippen LogP contribution in [-0.2, 0) is 0 Å². The molecule has 0 saturated carbocycles. The number of benzene rings is 1. The fraction of sp³-hybridized carbons (Fsp3) is 0.400. The normalized spacial score (nSPS) is 10.5. The number of thioether (sulfide) groups is 3. The van der Waals surface area contributed by atoms with Gasteiger partial charge in [0.15, 0.2) is 0 Å². The Morgan fingerprint density at radius 1 is 0.846 bits per heavy atom. The molecule has 1 aromatic rings. The minimum atomic E-state index is 1.35. The smallest absolute Gasteiger partial charge is 0.0341 e. The van der Waals surface area contributed by atoms with Crippen LogP contribution in [0.3, 0.4) is 0 Å². The van der Waals surface area contributed by atoms with Gasteiger partial charge in [0.25, 0.3) is 0 Å². The second-order valence-corrected chi connectivity index (χ2v) is 5.22. The summed E-state index contributed by atoms with van der Waals surface area (Å²) in [5.74, 6) is 0. The zero-order valence-electron chi connectivity index (χ0n) is 8.38. The average Bonchev–Trinajstić information content (AvgIpc) is 2.16. The lowest BCUT2D eigenvalue weighted by molar-refractivity contribution is 1.10. The molecule has 0 N–H and O–H groups in total. The summed E-state index contributed by atoms with van der Waals surface area (Å²) in [6, 6.07) is 4.52. The van der Waals surface area contributed by atoms with E-state index in [1.165, 1.54) is 20.2 Å². The topological polar surface area (TPSA) is 0 Å². The molecule has 3 heteroatoms. The van der Waals surface area contributed by atoms with E-state index in [0.717, 1.165) is 0 Å². The van der Waals surface area contributed by atoms with Gasteiger partial charge in [-0.15, -0.1) is 35.3 Å². The molecule has 0 atom stereocenters. The molecule has 1 rings (SSSR count). The molecule has 0 fully saturated rings. The second-order valence-electron chi connectivity index (χ2n) is 2.70. The van der Waals surface area contributed by atoms with Gasteiger partial charge in [-0.3, -0.25) is 0 Å². The highest BCUT2D eigenvalue weighted by molar-refractivity contribution is 8.03. The van der Waals surface area contributed by atoms with Gasteiger partial charge >= 0.3 is 0 Å².